The molecule has 1 fully saturated rings. The van der Waals surface area contributed by atoms with Gasteiger partial charge in [0, 0.05) is 30.1 Å². The maximum Gasteiger partial charge on any atom is 0.253 e. The van der Waals surface area contributed by atoms with Crippen LogP contribution in [0.1, 0.15) is 35.0 Å². The van der Waals surface area contributed by atoms with Gasteiger partial charge < -0.3 is 9.32 Å². The molecule has 0 unspecified atom stereocenters. The van der Waals surface area contributed by atoms with E-state index < -0.39 is 11.6 Å². The third kappa shape index (κ3) is 3.62. The Bertz CT molecular complexity index is 996. The van der Waals surface area contributed by atoms with E-state index >= 15 is 0 Å². The first kappa shape index (κ1) is 18.2. The molecule has 0 radical (unpaired) electrons. The zero-order valence-corrected chi connectivity index (χ0v) is 14.7. The minimum atomic E-state index is -1.04. The molecule has 28 heavy (non-hydrogen) atoms. The number of halogens is 3. The van der Waals surface area contributed by atoms with Crippen molar-refractivity contribution in [1.82, 2.24) is 15.1 Å². The minimum absolute atomic E-state index is 0.00398. The fourth-order valence-electron chi connectivity index (χ4n) is 3.25. The maximum absolute atomic E-state index is 13.4. The summed E-state index contributed by atoms with van der Waals surface area (Å²) in [6, 6.07) is 8.91. The van der Waals surface area contributed by atoms with Crippen LogP contribution in [-0.2, 0) is 0 Å². The van der Waals surface area contributed by atoms with Crippen molar-refractivity contribution in [2.24, 2.45) is 0 Å². The predicted molar refractivity (Wildman–Crippen MR) is 93.9 cm³/mol. The highest BCUT2D eigenvalue weighted by Gasteiger charge is 2.28. The second-order valence-electron chi connectivity index (χ2n) is 6.65. The summed E-state index contributed by atoms with van der Waals surface area (Å²) in [6.07, 6.45) is 1.22. The summed E-state index contributed by atoms with van der Waals surface area (Å²) in [5.41, 5.74) is 0.750. The molecule has 1 saturated heterocycles. The molecule has 0 aliphatic carbocycles. The van der Waals surface area contributed by atoms with E-state index in [1.807, 2.05) is 0 Å². The van der Waals surface area contributed by atoms with Crippen LogP contribution in [0, 0.1) is 17.5 Å². The van der Waals surface area contributed by atoms with Crippen molar-refractivity contribution in [3.05, 3.63) is 71.4 Å². The lowest BCUT2D eigenvalue weighted by atomic mass is 9.96. The Morgan fingerprint density at radius 1 is 0.964 bits per heavy atom. The fourth-order valence-corrected chi connectivity index (χ4v) is 3.25. The largest absolute Gasteiger partial charge is 0.420 e. The van der Waals surface area contributed by atoms with E-state index in [1.54, 1.807) is 17.0 Å². The third-order valence-electron chi connectivity index (χ3n) is 4.83. The molecule has 0 saturated carbocycles. The second-order valence-corrected chi connectivity index (χ2v) is 6.65. The molecule has 4 rings (SSSR count). The molecule has 0 bridgehead atoms. The first-order chi connectivity index (χ1) is 13.5. The Morgan fingerprint density at radius 3 is 2.36 bits per heavy atom. The Hall–Kier alpha value is -3.16. The average molecular weight is 387 g/mol. The van der Waals surface area contributed by atoms with Crippen LogP contribution < -0.4 is 0 Å². The van der Waals surface area contributed by atoms with Crippen molar-refractivity contribution in [1.29, 1.82) is 0 Å². The molecule has 1 amide bonds. The number of likely N-dealkylation sites (tertiary alicyclic amines) is 1. The monoisotopic (exact) mass is 387 g/mol. The van der Waals surface area contributed by atoms with Crippen LogP contribution in [0.15, 0.2) is 46.9 Å². The van der Waals surface area contributed by atoms with Crippen LogP contribution in [0.2, 0.25) is 0 Å². The summed E-state index contributed by atoms with van der Waals surface area (Å²) in [5.74, 6) is -1.93. The van der Waals surface area contributed by atoms with Gasteiger partial charge in [-0.15, -0.1) is 10.2 Å². The van der Waals surface area contributed by atoms with Gasteiger partial charge in [0.25, 0.3) is 5.91 Å². The van der Waals surface area contributed by atoms with E-state index in [0.717, 1.165) is 12.1 Å². The average Bonchev–Trinajstić information content (AvgIpc) is 3.20. The molecule has 1 aliphatic rings. The van der Waals surface area contributed by atoms with Crippen molar-refractivity contribution in [2.75, 3.05) is 13.1 Å². The Morgan fingerprint density at radius 2 is 1.68 bits per heavy atom. The van der Waals surface area contributed by atoms with Gasteiger partial charge in [-0.25, -0.2) is 13.2 Å². The van der Waals surface area contributed by atoms with Gasteiger partial charge in [-0.3, -0.25) is 4.79 Å². The highest BCUT2D eigenvalue weighted by atomic mass is 19.2. The predicted octanol–water partition coefficient (Wildman–Crippen LogP) is 4.17. The maximum atomic E-state index is 13.4. The van der Waals surface area contributed by atoms with Crippen LogP contribution in [0.3, 0.4) is 0 Å². The number of benzene rings is 2. The van der Waals surface area contributed by atoms with Crippen LogP contribution in [-0.4, -0.2) is 34.1 Å². The lowest BCUT2D eigenvalue weighted by Gasteiger charge is -2.30. The SMILES string of the molecule is O=C(c1ccc(F)c(F)c1)N1CCC(c2nnc(-c3ccc(F)cc3)o2)CC1. The van der Waals surface area contributed by atoms with E-state index in [1.165, 1.54) is 18.2 Å². The molecule has 1 aromatic heterocycles. The van der Waals surface area contributed by atoms with Gasteiger partial charge in [0.1, 0.15) is 5.82 Å². The normalized spacial score (nSPS) is 15.0. The number of nitrogens with zero attached hydrogens (tertiary/aromatic N) is 3. The minimum Gasteiger partial charge on any atom is -0.420 e. The van der Waals surface area contributed by atoms with Gasteiger partial charge in [-0.2, -0.15) is 0 Å². The Labute approximate surface area is 158 Å². The number of aromatic nitrogens is 2. The van der Waals surface area contributed by atoms with Gasteiger partial charge in [-0.05, 0) is 55.3 Å². The van der Waals surface area contributed by atoms with Gasteiger partial charge in [0.2, 0.25) is 11.8 Å². The summed E-state index contributed by atoms with van der Waals surface area (Å²) >= 11 is 0. The van der Waals surface area contributed by atoms with Crippen molar-refractivity contribution in [2.45, 2.75) is 18.8 Å². The molecule has 0 N–H and O–H groups in total. The first-order valence-electron chi connectivity index (χ1n) is 8.85. The van der Waals surface area contributed by atoms with Gasteiger partial charge in [0.15, 0.2) is 11.6 Å². The van der Waals surface area contributed by atoms with Crippen LogP contribution in [0.5, 0.6) is 0 Å². The second kappa shape index (κ2) is 7.46. The third-order valence-corrected chi connectivity index (χ3v) is 4.83. The molecule has 2 heterocycles. The zero-order valence-electron chi connectivity index (χ0n) is 14.7. The summed E-state index contributed by atoms with van der Waals surface area (Å²) in [6.45, 7) is 0.882. The molecular weight excluding hydrogens is 371 g/mol. The number of amides is 1. The number of piperidine rings is 1. The molecule has 3 aromatic rings. The van der Waals surface area contributed by atoms with E-state index in [2.05, 4.69) is 10.2 Å². The van der Waals surface area contributed by atoms with E-state index in [9.17, 15) is 18.0 Å². The smallest absolute Gasteiger partial charge is 0.253 e. The number of hydrogen-bond acceptors (Lipinski definition) is 4. The van der Waals surface area contributed by atoms with Gasteiger partial charge in [0.05, 0.1) is 0 Å². The molecule has 8 heteroatoms. The quantitative estimate of drug-likeness (QED) is 0.677. The van der Waals surface area contributed by atoms with Crippen molar-refractivity contribution < 1.29 is 22.4 Å². The van der Waals surface area contributed by atoms with Crippen molar-refractivity contribution >= 4 is 5.91 Å². The molecule has 0 spiro atoms. The molecule has 5 nitrogen and oxygen atoms in total. The van der Waals surface area contributed by atoms with Crippen LogP contribution in [0.4, 0.5) is 13.2 Å². The van der Waals surface area contributed by atoms with Crippen molar-refractivity contribution in [3.63, 3.8) is 0 Å². The van der Waals surface area contributed by atoms with Crippen molar-refractivity contribution in [3.8, 4) is 11.5 Å². The number of carbonyl (C=O) groups excluding carboxylic acids is 1. The number of rotatable bonds is 3. The number of carbonyl (C=O) groups is 1. The van der Waals surface area contributed by atoms with Gasteiger partial charge >= 0.3 is 0 Å². The van der Waals surface area contributed by atoms with E-state index in [4.69, 9.17) is 4.42 Å². The molecule has 1 aliphatic heterocycles. The summed E-state index contributed by atoms with van der Waals surface area (Å²) in [7, 11) is 0. The lowest BCUT2D eigenvalue weighted by molar-refractivity contribution is 0.0706. The highest BCUT2D eigenvalue weighted by molar-refractivity contribution is 5.94. The molecule has 2 aromatic carbocycles. The molecule has 0 atom stereocenters. The topological polar surface area (TPSA) is 59.2 Å². The summed E-state index contributed by atoms with van der Waals surface area (Å²) in [4.78, 5) is 14.1. The first-order valence-corrected chi connectivity index (χ1v) is 8.85. The fraction of sp³-hybridized carbons (Fsp3) is 0.250. The number of hydrogen-bond donors (Lipinski definition) is 0. The Kier molecular flexibility index (Phi) is 4.85. The van der Waals surface area contributed by atoms with E-state index in [0.29, 0.717) is 43.3 Å². The Balaban J connectivity index is 1.41. The highest BCUT2D eigenvalue weighted by Crippen LogP contribution is 2.30. The van der Waals surface area contributed by atoms with Crippen LogP contribution in [0.25, 0.3) is 11.5 Å². The van der Waals surface area contributed by atoms with E-state index in [-0.39, 0.29) is 23.2 Å². The molecule has 144 valence electrons. The standard InChI is InChI=1S/C20H16F3N3O2/c21-15-4-1-12(2-5-15)18-24-25-19(28-18)13-7-9-26(10-8-13)20(27)14-3-6-16(22)17(23)11-14/h1-6,11,13H,7-10H2. The summed E-state index contributed by atoms with van der Waals surface area (Å²) < 4.78 is 45.2. The van der Waals surface area contributed by atoms with Crippen LogP contribution >= 0.6 is 0 Å². The summed E-state index contributed by atoms with van der Waals surface area (Å²) in [5, 5.41) is 8.10. The molecular formula is C20H16F3N3O2. The lowest BCUT2D eigenvalue weighted by Crippen LogP contribution is -2.38. The zero-order chi connectivity index (χ0) is 19.7. The van der Waals surface area contributed by atoms with Gasteiger partial charge in [-0.1, -0.05) is 0 Å².